The lowest BCUT2D eigenvalue weighted by atomic mass is 9.54. The van der Waals surface area contributed by atoms with Crippen LogP contribution in [0.5, 0.6) is 0 Å². The number of rotatable bonds is 2. The highest BCUT2D eigenvalue weighted by Crippen LogP contribution is 2.59. The van der Waals surface area contributed by atoms with Gasteiger partial charge in [-0.25, -0.2) is 0 Å². The highest BCUT2D eigenvalue weighted by Gasteiger charge is 2.67. The van der Waals surface area contributed by atoms with Crippen LogP contribution in [0.2, 0.25) is 0 Å². The van der Waals surface area contributed by atoms with Crippen LogP contribution >= 0.6 is 0 Å². The molecule has 2 heterocycles. The quantitative estimate of drug-likeness (QED) is 0.847. The lowest BCUT2D eigenvalue weighted by molar-refractivity contribution is -0.115. The Kier molecular flexibility index (Phi) is 2.31. The number of aliphatic hydroxyl groups is 1. The topological polar surface area (TPSA) is 32.7 Å². The Balaban J connectivity index is 1.51. The van der Waals surface area contributed by atoms with E-state index in [9.17, 15) is 5.11 Å². The molecule has 2 aliphatic heterocycles. The Morgan fingerprint density at radius 1 is 1.28 bits per heavy atom. The van der Waals surface area contributed by atoms with Crippen molar-refractivity contribution >= 4 is 0 Å². The highest BCUT2D eigenvalue weighted by atomic mass is 16.5. The van der Waals surface area contributed by atoms with Crippen LogP contribution in [0.25, 0.3) is 0 Å². The molecule has 18 heavy (non-hydrogen) atoms. The van der Waals surface area contributed by atoms with Crippen molar-refractivity contribution in [2.75, 3.05) is 26.3 Å². The van der Waals surface area contributed by atoms with Gasteiger partial charge in [-0.2, -0.15) is 0 Å². The molecular formula is C15H19NO2. The first kappa shape index (κ1) is 11.0. The molecule has 1 N–H and O–H groups in total. The van der Waals surface area contributed by atoms with E-state index < -0.39 is 0 Å². The monoisotopic (exact) mass is 245 g/mol. The molecule has 1 aromatic rings. The number of aliphatic hydroxyl groups excluding tert-OH is 1. The molecule has 3 aliphatic rings. The van der Waals surface area contributed by atoms with Gasteiger partial charge in [-0.15, -0.1) is 0 Å². The maximum Gasteiger partial charge on any atom is 0.0644 e. The molecule has 3 fully saturated rings. The van der Waals surface area contributed by atoms with E-state index in [1.807, 2.05) is 0 Å². The second kappa shape index (κ2) is 3.80. The van der Waals surface area contributed by atoms with E-state index in [1.54, 1.807) is 0 Å². The summed E-state index contributed by atoms with van der Waals surface area (Å²) in [5.74, 6) is 0.831. The van der Waals surface area contributed by atoms with Gasteiger partial charge in [-0.05, 0) is 5.56 Å². The van der Waals surface area contributed by atoms with Crippen molar-refractivity contribution in [3.05, 3.63) is 35.9 Å². The molecule has 4 rings (SSSR count). The molecule has 1 spiro atoms. The Morgan fingerprint density at radius 2 is 2.11 bits per heavy atom. The average molecular weight is 245 g/mol. The maximum absolute atomic E-state index is 10.2. The molecule has 1 aromatic carbocycles. The molecule has 0 aromatic heterocycles. The average Bonchev–Trinajstić information content (AvgIpc) is 2.92. The van der Waals surface area contributed by atoms with Crippen LogP contribution < -0.4 is 0 Å². The van der Waals surface area contributed by atoms with Crippen molar-refractivity contribution in [2.45, 2.75) is 12.6 Å². The summed E-state index contributed by atoms with van der Waals surface area (Å²) in [6.07, 6.45) is -0.131. The predicted octanol–water partition coefficient (Wildman–Crippen LogP) is 1.13. The maximum atomic E-state index is 10.2. The molecule has 1 saturated carbocycles. The minimum absolute atomic E-state index is 0.131. The summed E-state index contributed by atoms with van der Waals surface area (Å²) in [5, 5.41) is 10.2. The van der Waals surface area contributed by atoms with Gasteiger partial charge in [0.1, 0.15) is 0 Å². The van der Waals surface area contributed by atoms with E-state index in [0.29, 0.717) is 11.8 Å². The van der Waals surface area contributed by atoms with Gasteiger partial charge in [0.2, 0.25) is 0 Å². The Morgan fingerprint density at radius 3 is 2.94 bits per heavy atom. The van der Waals surface area contributed by atoms with Gasteiger partial charge in [0.05, 0.1) is 19.3 Å². The predicted molar refractivity (Wildman–Crippen MR) is 68.0 cm³/mol. The first-order chi connectivity index (χ1) is 8.79. The SMILES string of the molecule is OC1C2COCC23CN(Cc2ccccc2)CC13. The van der Waals surface area contributed by atoms with E-state index in [2.05, 4.69) is 35.2 Å². The Bertz CT molecular complexity index is 449. The van der Waals surface area contributed by atoms with Crippen molar-refractivity contribution in [3.8, 4) is 0 Å². The van der Waals surface area contributed by atoms with Gasteiger partial charge in [0, 0.05) is 36.9 Å². The zero-order chi connectivity index (χ0) is 12.2. The molecule has 2 saturated heterocycles. The normalized spacial score (nSPS) is 42.4. The second-order valence-electron chi connectivity index (χ2n) is 6.11. The van der Waals surface area contributed by atoms with E-state index in [1.165, 1.54) is 5.56 Å². The van der Waals surface area contributed by atoms with Gasteiger partial charge < -0.3 is 9.84 Å². The fraction of sp³-hybridized carbons (Fsp3) is 0.600. The van der Waals surface area contributed by atoms with Crippen LogP contribution in [-0.4, -0.2) is 42.4 Å². The van der Waals surface area contributed by atoms with E-state index in [-0.39, 0.29) is 11.5 Å². The fourth-order valence-electron chi connectivity index (χ4n) is 4.26. The summed E-state index contributed by atoms with van der Waals surface area (Å²) in [6, 6.07) is 10.6. The first-order valence-electron chi connectivity index (χ1n) is 6.82. The summed E-state index contributed by atoms with van der Waals surface area (Å²) in [6.45, 7) is 4.73. The molecule has 0 amide bonds. The molecule has 4 atom stereocenters. The number of benzene rings is 1. The summed E-state index contributed by atoms with van der Waals surface area (Å²) >= 11 is 0. The van der Waals surface area contributed by atoms with Crippen molar-refractivity contribution in [3.63, 3.8) is 0 Å². The third-order valence-electron chi connectivity index (χ3n) is 5.19. The van der Waals surface area contributed by atoms with Crippen LogP contribution in [-0.2, 0) is 11.3 Å². The fourth-order valence-corrected chi connectivity index (χ4v) is 4.26. The van der Waals surface area contributed by atoms with Crippen molar-refractivity contribution in [1.82, 2.24) is 4.90 Å². The molecule has 4 unspecified atom stereocenters. The van der Waals surface area contributed by atoms with Gasteiger partial charge in [0.15, 0.2) is 0 Å². The molecular weight excluding hydrogens is 226 g/mol. The molecule has 1 aliphatic carbocycles. The molecule has 0 radical (unpaired) electrons. The summed E-state index contributed by atoms with van der Waals surface area (Å²) in [7, 11) is 0. The van der Waals surface area contributed by atoms with Crippen LogP contribution in [0.4, 0.5) is 0 Å². The van der Waals surface area contributed by atoms with Gasteiger partial charge in [-0.3, -0.25) is 4.90 Å². The van der Waals surface area contributed by atoms with E-state index in [0.717, 1.165) is 32.8 Å². The van der Waals surface area contributed by atoms with Crippen LogP contribution in [0.15, 0.2) is 30.3 Å². The molecule has 3 heteroatoms. The van der Waals surface area contributed by atoms with Crippen LogP contribution in [0, 0.1) is 17.3 Å². The minimum atomic E-state index is -0.131. The smallest absolute Gasteiger partial charge is 0.0644 e. The molecule has 3 nitrogen and oxygen atoms in total. The number of hydrogen-bond acceptors (Lipinski definition) is 3. The standard InChI is InChI=1S/C15H19NO2/c17-14-12-7-16(6-11-4-2-1-3-5-11)9-15(12)10-18-8-13(14)15/h1-5,12-14,17H,6-10H2. The minimum Gasteiger partial charge on any atom is -0.392 e. The van der Waals surface area contributed by atoms with Crippen molar-refractivity contribution in [1.29, 1.82) is 0 Å². The van der Waals surface area contributed by atoms with Crippen LogP contribution in [0.1, 0.15) is 5.56 Å². The van der Waals surface area contributed by atoms with Crippen molar-refractivity contribution < 1.29 is 9.84 Å². The third-order valence-corrected chi connectivity index (χ3v) is 5.19. The highest BCUT2D eigenvalue weighted by molar-refractivity contribution is 5.19. The zero-order valence-corrected chi connectivity index (χ0v) is 10.5. The molecule has 0 bridgehead atoms. The van der Waals surface area contributed by atoms with Crippen LogP contribution in [0.3, 0.4) is 0 Å². The van der Waals surface area contributed by atoms with Gasteiger partial charge in [-0.1, -0.05) is 30.3 Å². The summed E-state index contributed by atoms with van der Waals surface area (Å²) < 4.78 is 5.62. The summed E-state index contributed by atoms with van der Waals surface area (Å²) in [5.41, 5.74) is 1.63. The largest absolute Gasteiger partial charge is 0.392 e. The van der Waals surface area contributed by atoms with Crippen molar-refractivity contribution in [2.24, 2.45) is 17.3 Å². The van der Waals surface area contributed by atoms with Gasteiger partial charge in [0.25, 0.3) is 0 Å². The lowest BCUT2D eigenvalue weighted by Gasteiger charge is -2.50. The first-order valence-corrected chi connectivity index (χ1v) is 6.82. The second-order valence-corrected chi connectivity index (χ2v) is 6.11. The number of nitrogens with zero attached hydrogens (tertiary/aromatic N) is 1. The third kappa shape index (κ3) is 1.35. The zero-order valence-electron chi connectivity index (χ0n) is 10.5. The van der Waals surface area contributed by atoms with E-state index in [4.69, 9.17) is 4.74 Å². The lowest BCUT2D eigenvalue weighted by Crippen LogP contribution is -2.59. The molecule has 96 valence electrons. The number of ether oxygens (including phenoxy) is 1. The number of hydrogen-bond donors (Lipinski definition) is 1. The Hall–Kier alpha value is -0.900. The van der Waals surface area contributed by atoms with Gasteiger partial charge >= 0.3 is 0 Å². The van der Waals surface area contributed by atoms with E-state index >= 15 is 0 Å². The number of likely N-dealkylation sites (tertiary alicyclic amines) is 1. The Labute approximate surface area is 107 Å². The summed E-state index contributed by atoms with van der Waals surface area (Å²) in [4.78, 5) is 2.48.